The Labute approximate surface area is 112 Å². The first kappa shape index (κ1) is 14.1. The van der Waals surface area contributed by atoms with Crippen LogP contribution in [0, 0.1) is 10.1 Å². The van der Waals surface area contributed by atoms with E-state index >= 15 is 0 Å². The Morgan fingerprint density at radius 3 is 2.18 bits per heavy atom. The van der Waals surface area contributed by atoms with Crippen molar-refractivity contribution in [3.63, 3.8) is 0 Å². The molecule has 1 amide bonds. The lowest BCUT2D eigenvalue weighted by molar-refractivity contribution is -0.384. The highest BCUT2D eigenvalue weighted by Crippen LogP contribution is 2.38. The van der Waals surface area contributed by atoms with Crippen LogP contribution in [0.5, 0.6) is 0 Å². The number of hydrogen-bond donors (Lipinski definition) is 0. The van der Waals surface area contributed by atoms with Crippen molar-refractivity contribution in [1.29, 1.82) is 0 Å². The van der Waals surface area contributed by atoms with E-state index in [0.29, 0.717) is 4.90 Å². The molecule has 92 valence electrons. The second-order valence-corrected chi connectivity index (χ2v) is 5.03. The van der Waals surface area contributed by atoms with Crippen molar-refractivity contribution in [3.8, 4) is 0 Å². The van der Waals surface area contributed by atoms with Crippen LogP contribution in [0.1, 0.15) is 0 Å². The standard InChI is InChI=1S/C9H8Cl2N2O3S/c1-12(2)9(14)17-8-6(10)3-5(13(15)16)4-7(8)11/h3-4H,1-2H3. The number of rotatable bonds is 2. The Morgan fingerprint density at radius 1 is 1.35 bits per heavy atom. The van der Waals surface area contributed by atoms with Crippen LogP contribution in [0.2, 0.25) is 10.0 Å². The van der Waals surface area contributed by atoms with Crippen molar-refractivity contribution in [2.45, 2.75) is 4.90 Å². The lowest BCUT2D eigenvalue weighted by Crippen LogP contribution is -2.16. The first-order valence-corrected chi connectivity index (χ1v) is 5.92. The van der Waals surface area contributed by atoms with Gasteiger partial charge in [0.2, 0.25) is 0 Å². The van der Waals surface area contributed by atoms with Gasteiger partial charge in [-0.15, -0.1) is 0 Å². The maximum absolute atomic E-state index is 11.5. The number of halogens is 2. The van der Waals surface area contributed by atoms with Gasteiger partial charge in [-0.05, 0) is 11.8 Å². The molecule has 0 N–H and O–H groups in total. The number of benzene rings is 1. The Hall–Kier alpha value is -0.980. The molecule has 0 aliphatic heterocycles. The summed E-state index contributed by atoms with van der Waals surface area (Å²) in [5.41, 5.74) is -0.207. The molecule has 17 heavy (non-hydrogen) atoms. The minimum Gasteiger partial charge on any atom is -0.339 e. The predicted octanol–water partition coefficient (Wildman–Crippen LogP) is 3.68. The quantitative estimate of drug-likeness (QED) is 0.474. The molecule has 0 aliphatic carbocycles. The van der Waals surface area contributed by atoms with E-state index < -0.39 is 4.92 Å². The number of thioether (sulfide) groups is 1. The van der Waals surface area contributed by atoms with Gasteiger partial charge in [0, 0.05) is 26.2 Å². The molecule has 0 heterocycles. The van der Waals surface area contributed by atoms with Gasteiger partial charge in [-0.25, -0.2) is 0 Å². The molecule has 8 heteroatoms. The number of amides is 1. The molecule has 1 aromatic rings. The zero-order chi connectivity index (χ0) is 13.2. The number of hydrogen-bond acceptors (Lipinski definition) is 4. The molecule has 0 bridgehead atoms. The first-order valence-electron chi connectivity index (χ1n) is 4.35. The molecule has 0 aliphatic rings. The topological polar surface area (TPSA) is 63.5 Å². The van der Waals surface area contributed by atoms with Crippen LogP contribution in [-0.2, 0) is 0 Å². The Balaban J connectivity index is 3.10. The molecule has 0 radical (unpaired) electrons. The van der Waals surface area contributed by atoms with E-state index in [0.717, 1.165) is 11.8 Å². The summed E-state index contributed by atoms with van der Waals surface area (Å²) in [5.74, 6) is 0. The molecule has 0 saturated carbocycles. The summed E-state index contributed by atoms with van der Waals surface area (Å²) in [6.07, 6.45) is 0. The first-order chi connectivity index (χ1) is 7.82. The van der Waals surface area contributed by atoms with Crippen molar-refractivity contribution in [2.75, 3.05) is 14.1 Å². The number of carbonyl (C=O) groups excluding carboxylic acids is 1. The number of nitro benzene ring substituents is 1. The van der Waals surface area contributed by atoms with Crippen LogP contribution in [0.25, 0.3) is 0 Å². The van der Waals surface area contributed by atoms with E-state index in [1.165, 1.54) is 17.0 Å². The third kappa shape index (κ3) is 3.49. The van der Waals surface area contributed by atoms with Gasteiger partial charge >= 0.3 is 0 Å². The van der Waals surface area contributed by atoms with Crippen LogP contribution in [0.3, 0.4) is 0 Å². The van der Waals surface area contributed by atoms with E-state index in [2.05, 4.69) is 0 Å². The highest BCUT2D eigenvalue weighted by Gasteiger charge is 2.18. The molecular formula is C9H8Cl2N2O3S. The fourth-order valence-electron chi connectivity index (χ4n) is 0.928. The van der Waals surface area contributed by atoms with Gasteiger partial charge in [0.15, 0.2) is 0 Å². The van der Waals surface area contributed by atoms with Crippen LogP contribution in [-0.4, -0.2) is 29.2 Å². The summed E-state index contributed by atoms with van der Waals surface area (Å²) in [4.78, 5) is 23.1. The third-order valence-corrected chi connectivity index (χ3v) is 3.75. The number of nitro groups is 1. The van der Waals surface area contributed by atoms with Crippen molar-refractivity contribution in [3.05, 3.63) is 32.3 Å². The average molecular weight is 295 g/mol. The lowest BCUT2D eigenvalue weighted by Gasteiger charge is -2.11. The maximum atomic E-state index is 11.5. The molecule has 5 nitrogen and oxygen atoms in total. The Kier molecular flexibility index (Phi) is 4.62. The van der Waals surface area contributed by atoms with Crippen molar-refractivity contribution >= 4 is 45.9 Å². The molecule has 1 aromatic carbocycles. The molecule has 0 unspecified atom stereocenters. The normalized spacial score (nSPS) is 10.1. The van der Waals surface area contributed by atoms with Crippen LogP contribution in [0.4, 0.5) is 10.5 Å². The summed E-state index contributed by atoms with van der Waals surface area (Å²) in [6, 6.07) is 2.33. The number of nitrogens with zero attached hydrogens (tertiary/aromatic N) is 2. The van der Waals surface area contributed by atoms with E-state index in [-0.39, 0.29) is 21.0 Å². The van der Waals surface area contributed by atoms with Crippen molar-refractivity contribution in [2.24, 2.45) is 0 Å². The van der Waals surface area contributed by atoms with Gasteiger partial charge < -0.3 is 4.90 Å². The minimum atomic E-state index is -0.597. The number of non-ortho nitro benzene ring substituents is 1. The van der Waals surface area contributed by atoms with Gasteiger partial charge in [-0.3, -0.25) is 14.9 Å². The highest BCUT2D eigenvalue weighted by atomic mass is 35.5. The van der Waals surface area contributed by atoms with E-state index in [1.807, 2.05) is 0 Å². The monoisotopic (exact) mass is 294 g/mol. The second-order valence-electron chi connectivity index (χ2n) is 3.26. The molecule has 0 atom stereocenters. The molecule has 0 spiro atoms. The molecule has 0 aromatic heterocycles. The molecular weight excluding hydrogens is 287 g/mol. The zero-order valence-electron chi connectivity index (χ0n) is 8.94. The van der Waals surface area contributed by atoms with Gasteiger partial charge in [0.1, 0.15) is 0 Å². The summed E-state index contributed by atoms with van der Waals surface area (Å²) >= 11 is 12.5. The Morgan fingerprint density at radius 2 is 1.82 bits per heavy atom. The number of carbonyl (C=O) groups is 1. The lowest BCUT2D eigenvalue weighted by atomic mass is 10.3. The van der Waals surface area contributed by atoms with Crippen LogP contribution in [0.15, 0.2) is 17.0 Å². The van der Waals surface area contributed by atoms with Gasteiger partial charge in [-0.1, -0.05) is 23.2 Å². The van der Waals surface area contributed by atoms with Crippen molar-refractivity contribution in [1.82, 2.24) is 4.90 Å². The fraction of sp³-hybridized carbons (Fsp3) is 0.222. The van der Waals surface area contributed by atoms with E-state index in [4.69, 9.17) is 23.2 Å². The average Bonchev–Trinajstić information content (AvgIpc) is 2.22. The summed E-state index contributed by atoms with van der Waals surface area (Å²) in [6.45, 7) is 0. The largest absolute Gasteiger partial charge is 0.339 e. The van der Waals surface area contributed by atoms with Gasteiger partial charge in [0.05, 0.1) is 19.9 Å². The smallest absolute Gasteiger partial charge is 0.286 e. The third-order valence-electron chi connectivity index (χ3n) is 1.75. The maximum Gasteiger partial charge on any atom is 0.286 e. The zero-order valence-corrected chi connectivity index (χ0v) is 11.3. The summed E-state index contributed by atoms with van der Waals surface area (Å²) in [7, 11) is 3.17. The highest BCUT2D eigenvalue weighted by molar-refractivity contribution is 8.13. The van der Waals surface area contributed by atoms with Gasteiger partial charge in [-0.2, -0.15) is 0 Å². The van der Waals surface area contributed by atoms with E-state index in [1.54, 1.807) is 14.1 Å². The van der Waals surface area contributed by atoms with E-state index in [9.17, 15) is 14.9 Å². The van der Waals surface area contributed by atoms with Gasteiger partial charge in [0.25, 0.3) is 10.9 Å². The summed E-state index contributed by atoms with van der Waals surface area (Å²) in [5, 5.41) is 10.5. The fourth-order valence-corrected chi connectivity index (χ4v) is 2.31. The SMILES string of the molecule is CN(C)C(=O)Sc1c(Cl)cc([N+](=O)[O-])cc1Cl. The molecule has 0 saturated heterocycles. The Bertz CT molecular complexity index is 456. The van der Waals surface area contributed by atoms with Crippen molar-refractivity contribution < 1.29 is 9.72 Å². The molecule has 0 fully saturated rings. The summed E-state index contributed by atoms with van der Waals surface area (Å²) < 4.78 is 0. The molecule has 1 rings (SSSR count). The minimum absolute atomic E-state index is 0.0874. The van der Waals surface area contributed by atoms with Crippen LogP contribution >= 0.6 is 35.0 Å². The van der Waals surface area contributed by atoms with Crippen LogP contribution < -0.4 is 0 Å². The second kappa shape index (κ2) is 5.57. The predicted molar refractivity (Wildman–Crippen MR) is 68.1 cm³/mol.